The summed E-state index contributed by atoms with van der Waals surface area (Å²) in [6.07, 6.45) is 0.576. The van der Waals surface area contributed by atoms with E-state index in [0.29, 0.717) is 5.75 Å². The van der Waals surface area contributed by atoms with E-state index in [0.717, 1.165) is 0 Å². The lowest BCUT2D eigenvalue weighted by molar-refractivity contribution is -0.143. The van der Waals surface area contributed by atoms with Gasteiger partial charge in [-0.15, -0.1) is 0 Å². The van der Waals surface area contributed by atoms with Crippen molar-refractivity contribution >= 4 is 47.3 Å². The Kier molecular flexibility index (Phi) is 13.7. The maximum absolute atomic E-state index is 12.7. The normalized spacial score (nSPS) is 14.5. The summed E-state index contributed by atoms with van der Waals surface area (Å²) in [6.45, 7) is 3.35. The predicted octanol–water partition coefficient (Wildman–Crippen LogP) is -2.00. The Bertz CT molecular complexity index is 733. The first-order valence-corrected chi connectivity index (χ1v) is 11.6. The van der Waals surface area contributed by atoms with E-state index < -0.39 is 66.2 Å². The van der Waals surface area contributed by atoms with Crippen LogP contribution in [0.1, 0.15) is 39.5 Å². The number of thioether (sulfide) groups is 1. The van der Waals surface area contributed by atoms with Gasteiger partial charge in [0.1, 0.15) is 18.1 Å². The van der Waals surface area contributed by atoms with Crippen LogP contribution < -0.4 is 27.4 Å². The molecule has 0 saturated carbocycles. The summed E-state index contributed by atoms with van der Waals surface area (Å²) in [5.41, 5.74) is 10.8. The third kappa shape index (κ3) is 12.1. The number of hydrogen-bond acceptors (Lipinski definition) is 8. The number of amides is 4. The highest BCUT2D eigenvalue weighted by Crippen LogP contribution is 2.06. The summed E-state index contributed by atoms with van der Waals surface area (Å²) in [7, 11) is 0. The van der Waals surface area contributed by atoms with Crippen molar-refractivity contribution in [1.82, 2.24) is 16.0 Å². The molecule has 0 fully saturated rings. The van der Waals surface area contributed by atoms with Crippen LogP contribution in [0.3, 0.4) is 0 Å². The van der Waals surface area contributed by atoms with Gasteiger partial charge in [0, 0.05) is 6.42 Å². The van der Waals surface area contributed by atoms with Crippen molar-refractivity contribution in [2.75, 3.05) is 12.0 Å². The van der Waals surface area contributed by atoms with Crippen LogP contribution in [0.2, 0.25) is 0 Å². The quantitative estimate of drug-likeness (QED) is 0.125. The van der Waals surface area contributed by atoms with Crippen LogP contribution in [0.25, 0.3) is 0 Å². The number of rotatable bonds is 16. The van der Waals surface area contributed by atoms with Crippen molar-refractivity contribution in [3.8, 4) is 0 Å². The molecule has 4 unspecified atom stereocenters. The molecule has 33 heavy (non-hydrogen) atoms. The fourth-order valence-corrected chi connectivity index (χ4v) is 3.02. The van der Waals surface area contributed by atoms with Gasteiger partial charge >= 0.3 is 11.9 Å². The molecule has 0 aromatic heterocycles. The first-order chi connectivity index (χ1) is 15.3. The minimum atomic E-state index is -1.51. The van der Waals surface area contributed by atoms with E-state index in [2.05, 4.69) is 16.0 Å². The highest BCUT2D eigenvalue weighted by molar-refractivity contribution is 7.98. The van der Waals surface area contributed by atoms with E-state index in [1.165, 1.54) is 11.8 Å². The molecule has 0 saturated heterocycles. The summed E-state index contributed by atoms with van der Waals surface area (Å²) >= 11 is 1.36. The van der Waals surface area contributed by atoms with Crippen LogP contribution in [0.4, 0.5) is 0 Å². The van der Waals surface area contributed by atoms with Gasteiger partial charge in [-0.1, -0.05) is 13.8 Å². The Morgan fingerprint density at radius 1 is 0.848 bits per heavy atom. The zero-order chi connectivity index (χ0) is 25.7. The number of carboxylic acid groups (broad SMARTS) is 2. The third-order valence-corrected chi connectivity index (χ3v) is 5.21. The lowest BCUT2D eigenvalue weighted by atomic mass is 10.0. The van der Waals surface area contributed by atoms with Crippen molar-refractivity contribution in [1.29, 1.82) is 0 Å². The van der Waals surface area contributed by atoms with Gasteiger partial charge in [0.2, 0.25) is 23.6 Å². The zero-order valence-electron chi connectivity index (χ0n) is 18.8. The Hall–Kier alpha value is -2.87. The smallest absolute Gasteiger partial charge is 0.326 e. The Morgan fingerprint density at radius 2 is 1.36 bits per heavy atom. The molecule has 0 rings (SSSR count). The van der Waals surface area contributed by atoms with E-state index in [4.69, 9.17) is 16.6 Å². The Morgan fingerprint density at radius 3 is 1.82 bits per heavy atom. The molecular weight excluding hydrogens is 458 g/mol. The molecule has 4 amide bonds. The number of aliphatic carboxylic acids is 2. The molecule has 0 bridgehead atoms. The molecule has 188 valence electrons. The summed E-state index contributed by atoms with van der Waals surface area (Å²) in [6, 6.07) is -5.12. The van der Waals surface area contributed by atoms with Crippen molar-refractivity contribution in [2.24, 2.45) is 17.4 Å². The van der Waals surface area contributed by atoms with Crippen molar-refractivity contribution in [2.45, 2.75) is 63.7 Å². The van der Waals surface area contributed by atoms with E-state index in [-0.39, 0.29) is 25.2 Å². The number of carbonyl (C=O) groups excluding carboxylic acids is 4. The molecule has 0 aromatic carbocycles. The van der Waals surface area contributed by atoms with Gasteiger partial charge in [-0.05, 0) is 30.8 Å². The maximum Gasteiger partial charge on any atom is 0.326 e. The number of nitrogens with two attached hydrogens (primary N) is 2. The molecule has 0 aliphatic carbocycles. The van der Waals surface area contributed by atoms with E-state index in [1.807, 2.05) is 0 Å². The number of hydrogen-bond donors (Lipinski definition) is 7. The van der Waals surface area contributed by atoms with Gasteiger partial charge in [-0.25, -0.2) is 4.79 Å². The van der Waals surface area contributed by atoms with Gasteiger partial charge in [-0.2, -0.15) is 11.8 Å². The standard InChI is InChI=1S/C19H33N5O8S/c1-9(2)15(21)18(30)24-12(8-14(26)27)17(29)22-10(6-7-33-3)16(28)23-11(19(31)32)4-5-13(20)25/h9-12,15H,4-8,21H2,1-3H3,(H2,20,25)(H,22,29)(H,23,28)(H,24,30)(H,26,27)(H,31,32). The third-order valence-electron chi connectivity index (χ3n) is 4.57. The molecule has 13 nitrogen and oxygen atoms in total. The topological polar surface area (TPSA) is 231 Å². The lowest BCUT2D eigenvalue weighted by Gasteiger charge is -2.25. The van der Waals surface area contributed by atoms with Crippen molar-refractivity contribution < 1.29 is 39.0 Å². The molecule has 0 radical (unpaired) electrons. The summed E-state index contributed by atoms with van der Waals surface area (Å²) < 4.78 is 0. The van der Waals surface area contributed by atoms with Crippen LogP contribution >= 0.6 is 11.8 Å². The predicted molar refractivity (Wildman–Crippen MR) is 120 cm³/mol. The number of carbonyl (C=O) groups is 6. The van der Waals surface area contributed by atoms with Crippen LogP contribution in [0.15, 0.2) is 0 Å². The van der Waals surface area contributed by atoms with Gasteiger partial charge < -0.3 is 37.6 Å². The second-order valence-electron chi connectivity index (χ2n) is 7.68. The van der Waals surface area contributed by atoms with Crippen molar-refractivity contribution in [3.63, 3.8) is 0 Å². The highest BCUT2D eigenvalue weighted by Gasteiger charge is 2.31. The molecule has 0 aliphatic rings. The largest absolute Gasteiger partial charge is 0.481 e. The molecule has 14 heteroatoms. The van der Waals surface area contributed by atoms with Gasteiger partial charge in [-0.3, -0.25) is 24.0 Å². The number of carboxylic acids is 2. The summed E-state index contributed by atoms with van der Waals surface area (Å²) in [5, 5.41) is 25.3. The van der Waals surface area contributed by atoms with Gasteiger partial charge in [0.15, 0.2) is 0 Å². The second kappa shape index (κ2) is 15.1. The van der Waals surface area contributed by atoms with E-state index in [1.54, 1.807) is 20.1 Å². The maximum atomic E-state index is 12.7. The molecule has 0 aromatic rings. The zero-order valence-corrected chi connectivity index (χ0v) is 19.6. The van der Waals surface area contributed by atoms with E-state index in [9.17, 15) is 33.9 Å². The average Bonchev–Trinajstić information content (AvgIpc) is 2.71. The molecular formula is C19H33N5O8S. The van der Waals surface area contributed by atoms with Crippen molar-refractivity contribution in [3.05, 3.63) is 0 Å². The summed E-state index contributed by atoms with van der Waals surface area (Å²) in [4.78, 5) is 71.1. The second-order valence-corrected chi connectivity index (χ2v) is 8.66. The number of nitrogens with one attached hydrogen (secondary N) is 3. The fraction of sp³-hybridized carbons (Fsp3) is 0.684. The molecule has 0 aliphatic heterocycles. The minimum absolute atomic E-state index is 0.0974. The van der Waals surface area contributed by atoms with Crippen LogP contribution in [-0.4, -0.2) is 82.0 Å². The molecule has 0 heterocycles. The van der Waals surface area contributed by atoms with E-state index >= 15 is 0 Å². The Balaban J connectivity index is 5.49. The first kappa shape index (κ1) is 30.1. The summed E-state index contributed by atoms with van der Waals surface area (Å²) in [5.74, 6) is -5.86. The van der Waals surface area contributed by atoms with Gasteiger partial charge in [0.05, 0.1) is 12.5 Å². The first-order valence-electron chi connectivity index (χ1n) is 10.2. The average molecular weight is 492 g/mol. The number of primary amides is 1. The molecule has 4 atom stereocenters. The lowest BCUT2D eigenvalue weighted by Crippen LogP contribution is -2.58. The van der Waals surface area contributed by atoms with Crippen LogP contribution in [0.5, 0.6) is 0 Å². The molecule has 0 spiro atoms. The van der Waals surface area contributed by atoms with Gasteiger partial charge in [0.25, 0.3) is 0 Å². The SMILES string of the molecule is CSCCC(NC(=O)C(CC(=O)O)NC(=O)C(N)C(C)C)C(=O)NC(CCC(N)=O)C(=O)O. The Labute approximate surface area is 195 Å². The van der Waals surface area contributed by atoms with Crippen LogP contribution in [0, 0.1) is 5.92 Å². The molecule has 9 N–H and O–H groups in total. The fourth-order valence-electron chi connectivity index (χ4n) is 2.55. The van der Waals surface area contributed by atoms with Crippen LogP contribution in [-0.2, 0) is 28.8 Å². The monoisotopic (exact) mass is 491 g/mol. The highest BCUT2D eigenvalue weighted by atomic mass is 32.2. The minimum Gasteiger partial charge on any atom is -0.481 e.